The minimum atomic E-state index is -3.49. The third kappa shape index (κ3) is 6.64. The molecule has 8 heteroatoms. The topological polar surface area (TPSA) is 86.8 Å². The van der Waals surface area contributed by atoms with Crippen LogP contribution in [0.3, 0.4) is 0 Å². The number of nitrogens with zero attached hydrogens (tertiary/aromatic N) is 2. The first kappa shape index (κ1) is 25.5. The van der Waals surface area contributed by atoms with Gasteiger partial charge in [-0.1, -0.05) is 51.1 Å². The Hall–Kier alpha value is -2.71. The summed E-state index contributed by atoms with van der Waals surface area (Å²) in [5, 5.41) is 2.87. The van der Waals surface area contributed by atoms with E-state index in [1.165, 1.54) is 9.21 Å². The number of nitrogens with one attached hydrogen (secondary N) is 1. The maximum absolute atomic E-state index is 12.6. The van der Waals surface area contributed by atoms with Crippen molar-refractivity contribution in [1.29, 1.82) is 0 Å². The zero-order valence-electron chi connectivity index (χ0n) is 19.3. The Bertz CT molecular complexity index is 1020. The fourth-order valence-electron chi connectivity index (χ4n) is 3.43. The number of rotatable bonds is 11. The van der Waals surface area contributed by atoms with Crippen LogP contribution in [0.2, 0.25) is 0 Å². The lowest BCUT2D eigenvalue weighted by Crippen LogP contribution is -2.35. The molecular formula is C24H33N3O4S. The van der Waals surface area contributed by atoms with E-state index in [1.54, 1.807) is 45.2 Å². The molecule has 0 saturated carbocycles. The van der Waals surface area contributed by atoms with Crippen LogP contribution in [0.4, 0.5) is 5.69 Å². The van der Waals surface area contributed by atoms with E-state index in [0.29, 0.717) is 19.5 Å². The molecule has 0 unspecified atom stereocenters. The lowest BCUT2D eigenvalue weighted by Gasteiger charge is -2.19. The van der Waals surface area contributed by atoms with E-state index in [0.717, 1.165) is 23.2 Å². The summed E-state index contributed by atoms with van der Waals surface area (Å²) in [4.78, 5) is 26.5. The number of anilines is 1. The molecule has 174 valence electrons. The van der Waals surface area contributed by atoms with Crippen molar-refractivity contribution in [3.05, 3.63) is 59.7 Å². The summed E-state index contributed by atoms with van der Waals surface area (Å²) in [7, 11) is -1.89. The molecule has 0 radical (unpaired) electrons. The maximum atomic E-state index is 12.6. The van der Waals surface area contributed by atoms with Gasteiger partial charge in [0, 0.05) is 32.2 Å². The number of aryl methyl sites for hydroxylation is 2. The highest BCUT2D eigenvalue weighted by Crippen LogP contribution is 2.17. The Morgan fingerprint density at radius 3 is 2.16 bits per heavy atom. The van der Waals surface area contributed by atoms with Gasteiger partial charge in [0.15, 0.2) is 0 Å². The monoisotopic (exact) mass is 459 g/mol. The fourth-order valence-corrected chi connectivity index (χ4v) is 4.88. The zero-order chi connectivity index (χ0) is 23.7. The second kappa shape index (κ2) is 11.8. The van der Waals surface area contributed by atoms with Crippen LogP contribution < -0.4 is 5.32 Å². The van der Waals surface area contributed by atoms with Gasteiger partial charge in [0.25, 0.3) is 0 Å². The van der Waals surface area contributed by atoms with Gasteiger partial charge in [-0.2, -0.15) is 4.31 Å². The molecule has 1 N–H and O–H groups in total. The largest absolute Gasteiger partial charge is 0.336 e. The highest BCUT2D eigenvalue weighted by molar-refractivity contribution is 7.89. The quantitative estimate of drug-likeness (QED) is 0.559. The summed E-state index contributed by atoms with van der Waals surface area (Å²) in [6.45, 7) is 6.43. The maximum Gasteiger partial charge on any atom is 0.243 e. The normalized spacial score (nSPS) is 11.4. The van der Waals surface area contributed by atoms with Crippen molar-refractivity contribution in [1.82, 2.24) is 9.21 Å². The van der Waals surface area contributed by atoms with Crippen LogP contribution in [-0.2, 0) is 32.5 Å². The average molecular weight is 460 g/mol. The standard InChI is InChI=1S/C24H33N3O4S/c1-5-20-10-8-9-11-22(20)25-23(28)18-26(4)24(29)17-14-19-12-15-21(16-13-19)32(30,31)27(6-2)7-3/h8-13,15-16H,5-7,14,17-18H2,1-4H3,(H,25,28). The number of hydrogen-bond donors (Lipinski definition) is 1. The molecule has 2 aromatic rings. The number of benzene rings is 2. The van der Waals surface area contributed by atoms with Crippen molar-refractivity contribution in [2.75, 3.05) is 32.0 Å². The summed E-state index contributed by atoms with van der Waals surface area (Å²) in [6, 6.07) is 14.2. The Labute approximate surface area is 191 Å². The number of likely N-dealkylation sites (N-methyl/N-ethyl adjacent to an activating group) is 1. The smallest absolute Gasteiger partial charge is 0.243 e. The summed E-state index contributed by atoms with van der Waals surface area (Å²) >= 11 is 0. The van der Waals surface area contributed by atoms with E-state index in [4.69, 9.17) is 0 Å². The van der Waals surface area contributed by atoms with Crippen molar-refractivity contribution in [2.24, 2.45) is 0 Å². The molecule has 2 aromatic carbocycles. The van der Waals surface area contributed by atoms with Crippen molar-refractivity contribution in [3.8, 4) is 0 Å². The highest BCUT2D eigenvalue weighted by atomic mass is 32.2. The van der Waals surface area contributed by atoms with Gasteiger partial charge < -0.3 is 10.2 Å². The van der Waals surface area contributed by atoms with Crippen LogP contribution in [-0.4, -0.2) is 56.1 Å². The van der Waals surface area contributed by atoms with Gasteiger partial charge >= 0.3 is 0 Å². The van der Waals surface area contributed by atoms with E-state index in [2.05, 4.69) is 5.32 Å². The van der Waals surface area contributed by atoms with Gasteiger partial charge in [-0.05, 0) is 42.2 Å². The molecule has 0 spiro atoms. The van der Waals surface area contributed by atoms with E-state index < -0.39 is 10.0 Å². The summed E-state index contributed by atoms with van der Waals surface area (Å²) in [6.07, 6.45) is 1.51. The number of carbonyl (C=O) groups excluding carboxylic acids is 2. The molecule has 0 aliphatic rings. The minimum absolute atomic E-state index is 0.0298. The second-order valence-corrected chi connectivity index (χ2v) is 9.48. The Morgan fingerprint density at radius 1 is 0.938 bits per heavy atom. The van der Waals surface area contributed by atoms with Gasteiger partial charge in [0.2, 0.25) is 21.8 Å². The molecule has 0 saturated heterocycles. The molecule has 2 amide bonds. The molecule has 0 aromatic heterocycles. The van der Waals surface area contributed by atoms with Gasteiger partial charge in [-0.3, -0.25) is 9.59 Å². The lowest BCUT2D eigenvalue weighted by molar-refractivity contribution is -0.133. The van der Waals surface area contributed by atoms with Gasteiger partial charge in [0.05, 0.1) is 11.4 Å². The van der Waals surface area contributed by atoms with Crippen LogP contribution in [0.15, 0.2) is 53.4 Å². The van der Waals surface area contributed by atoms with Crippen LogP contribution in [0.5, 0.6) is 0 Å². The number of carbonyl (C=O) groups is 2. The third-order valence-electron chi connectivity index (χ3n) is 5.37. The predicted molar refractivity (Wildman–Crippen MR) is 127 cm³/mol. The first-order valence-electron chi connectivity index (χ1n) is 10.9. The highest BCUT2D eigenvalue weighted by Gasteiger charge is 2.21. The Morgan fingerprint density at radius 2 is 1.56 bits per heavy atom. The number of amides is 2. The van der Waals surface area contributed by atoms with Crippen molar-refractivity contribution >= 4 is 27.5 Å². The molecule has 0 heterocycles. The first-order chi connectivity index (χ1) is 15.2. The predicted octanol–water partition coefficient (Wildman–Crippen LogP) is 3.31. The SMILES string of the molecule is CCc1ccccc1NC(=O)CN(C)C(=O)CCc1ccc(S(=O)(=O)N(CC)CC)cc1. The molecule has 0 aliphatic heterocycles. The summed E-state index contributed by atoms with van der Waals surface area (Å²) in [5.74, 6) is -0.392. The fraction of sp³-hybridized carbons (Fsp3) is 0.417. The van der Waals surface area contributed by atoms with E-state index >= 15 is 0 Å². The molecule has 0 aliphatic carbocycles. The average Bonchev–Trinajstić information content (AvgIpc) is 2.78. The molecule has 7 nitrogen and oxygen atoms in total. The van der Waals surface area contributed by atoms with E-state index in [-0.39, 0.29) is 29.7 Å². The van der Waals surface area contributed by atoms with Crippen LogP contribution in [0.25, 0.3) is 0 Å². The molecule has 0 bridgehead atoms. The second-order valence-electron chi connectivity index (χ2n) is 7.54. The number of hydrogen-bond acceptors (Lipinski definition) is 4. The number of sulfonamides is 1. The van der Waals surface area contributed by atoms with E-state index in [9.17, 15) is 18.0 Å². The first-order valence-corrected chi connectivity index (χ1v) is 12.4. The lowest BCUT2D eigenvalue weighted by atomic mass is 10.1. The van der Waals surface area contributed by atoms with E-state index in [1.807, 2.05) is 31.2 Å². The molecule has 0 atom stereocenters. The van der Waals surface area contributed by atoms with Crippen molar-refractivity contribution in [3.63, 3.8) is 0 Å². The summed E-state index contributed by atoms with van der Waals surface area (Å²) in [5.41, 5.74) is 2.67. The van der Waals surface area contributed by atoms with Gasteiger partial charge in [-0.15, -0.1) is 0 Å². The van der Waals surface area contributed by atoms with Crippen molar-refractivity contribution < 1.29 is 18.0 Å². The Balaban J connectivity index is 1.89. The summed E-state index contributed by atoms with van der Waals surface area (Å²) < 4.78 is 26.5. The van der Waals surface area contributed by atoms with Crippen LogP contribution in [0, 0.1) is 0 Å². The number of para-hydroxylation sites is 1. The third-order valence-corrected chi connectivity index (χ3v) is 7.44. The Kier molecular flexibility index (Phi) is 9.41. The van der Waals surface area contributed by atoms with Gasteiger partial charge in [-0.25, -0.2) is 8.42 Å². The molecule has 32 heavy (non-hydrogen) atoms. The van der Waals surface area contributed by atoms with Crippen LogP contribution in [0.1, 0.15) is 38.3 Å². The minimum Gasteiger partial charge on any atom is -0.336 e. The van der Waals surface area contributed by atoms with Crippen molar-refractivity contribution in [2.45, 2.75) is 44.9 Å². The molecule has 2 rings (SSSR count). The molecule has 0 fully saturated rings. The van der Waals surface area contributed by atoms with Gasteiger partial charge in [0.1, 0.15) is 0 Å². The zero-order valence-corrected chi connectivity index (χ0v) is 20.1. The van der Waals surface area contributed by atoms with Crippen LogP contribution >= 0.6 is 0 Å². The molecular weight excluding hydrogens is 426 g/mol.